The van der Waals surface area contributed by atoms with Gasteiger partial charge in [-0.25, -0.2) is 9.78 Å². The zero-order valence-electron chi connectivity index (χ0n) is 15.4. The van der Waals surface area contributed by atoms with Gasteiger partial charge in [0.1, 0.15) is 5.60 Å². The lowest BCUT2D eigenvalue weighted by atomic mass is 10.1. The second-order valence-electron chi connectivity index (χ2n) is 7.42. The molecule has 0 bridgehead atoms. The molecule has 0 spiro atoms. The number of amides is 1. The molecule has 0 aliphatic carbocycles. The second kappa shape index (κ2) is 7.72. The summed E-state index contributed by atoms with van der Waals surface area (Å²) in [6.07, 6.45) is 2.05. The molecule has 1 aromatic heterocycles. The summed E-state index contributed by atoms with van der Waals surface area (Å²) >= 11 is 1.37. The van der Waals surface area contributed by atoms with E-state index in [1.54, 1.807) is 4.90 Å². The van der Waals surface area contributed by atoms with E-state index in [-0.39, 0.29) is 12.1 Å². The van der Waals surface area contributed by atoms with Crippen LogP contribution in [0.3, 0.4) is 0 Å². The van der Waals surface area contributed by atoms with Crippen molar-refractivity contribution in [1.82, 2.24) is 9.88 Å². The molecule has 3 rings (SSSR count). The van der Waals surface area contributed by atoms with E-state index >= 15 is 0 Å². The Balaban J connectivity index is 1.83. The van der Waals surface area contributed by atoms with E-state index in [1.165, 1.54) is 11.3 Å². The first-order valence-corrected chi connectivity index (χ1v) is 9.59. The lowest BCUT2D eigenvalue weighted by Gasteiger charge is -2.35. The Labute approximate surface area is 157 Å². The molecule has 0 saturated carbocycles. The monoisotopic (exact) mass is 376 g/mol. The maximum Gasteiger partial charge on any atom is 0.410 e. The Bertz CT molecular complexity index is 790. The first-order chi connectivity index (χ1) is 12.4. The maximum absolute atomic E-state index is 12.8. The molecule has 0 radical (unpaired) electrons. The highest BCUT2D eigenvalue weighted by atomic mass is 32.1. The number of rotatable bonds is 4. The van der Waals surface area contributed by atoms with E-state index in [0.29, 0.717) is 24.8 Å². The molecule has 6 nitrogen and oxygen atoms in total. The normalized spacial score (nSPS) is 15.8. The summed E-state index contributed by atoms with van der Waals surface area (Å²) in [5.41, 5.74) is 1.21. The van der Waals surface area contributed by atoms with E-state index in [0.717, 1.165) is 34.9 Å². The Morgan fingerprint density at radius 1 is 1.38 bits per heavy atom. The van der Waals surface area contributed by atoms with Crippen LogP contribution in [0.15, 0.2) is 18.2 Å². The minimum absolute atomic E-state index is 0.0928. The Morgan fingerprint density at radius 3 is 2.77 bits per heavy atom. The number of thiazole rings is 1. The number of fused-ring (bicyclic) bond motifs is 1. The fraction of sp³-hybridized carbons (Fsp3) is 0.526. The molecule has 1 aromatic carbocycles. The number of benzene rings is 1. The summed E-state index contributed by atoms with van der Waals surface area (Å²) in [5.74, 6) is 0. The van der Waals surface area contributed by atoms with Crippen LogP contribution in [-0.4, -0.2) is 47.1 Å². The highest BCUT2D eigenvalue weighted by Crippen LogP contribution is 2.25. The lowest BCUT2D eigenvalue weighted by molar-refractivity contribution is -0.00808. The van der Waals surface area contributed by atoms with Crippen molar-refractivity contribution in [3.05, 3.63) is 28.8 Å². The minimum Gasteiger partial charge on any atom is -0.444 e. The van der Waals surface area contributed by atoms with Gasteiger partial charge in [0.05, 0.1) is 10.2 Å². The van der Waals surface area contributed by atoms with Crippen molar-refractivity contribution in [3.63, 3.8) is 0 Å². The highest BCUT2D eigenvalue weighted by molar-refractivity contribution is 7.20. The van der Waals surface area contributed by atoms with Gasteiger partial charge in [-0.05, 0) is 51.3 Å². The van der Waals surface area contributed by atoms with Crippen LogP contribution in [0.2, 0.25) is 0 Å². The van der Waals surface area contributed by atoms with Crippen LogP contribution < -0.4 is 0 Å². The van der Waals surface area contributed by atoms with Gasteiger partial charge in [-0.1, -0.05) is 6.07 Å². The second-order valence-corrected chi connectivity index (χ2v) is 8.49. The lowest BCUT2D eigenvalue weighted by Crippen LogP contribution is -2.45. The Morgan fingerprint density at radius 2 is 2.12 bits per heavy atom. The molecule has 2 aromatic rings. The number of ether oxygens (including phenoxy) is 2. The Kier molecular flexibility index (Phi) is 5.58. The van der Waals surface area contributed by atoms with Gasteiger partial charge in [-0.2, -0.15) is 0 Å². The van der Waals surface area contributed by atoms with Crippen LogP contribution in [0.1, 0.15) is 49.0 Å². The van der Waals surface area contributed by atoms with Crippen LogP contribution in [0.5, 0.6) is 0 Å². The number of aldehydes is 1. The molecule has 1 aliphatic heterocycles. The molecule has 0 N–H and O–H groups in total. The van der Waals surface area contributed by atoms with Crippen LogP contribution in [0, 0.1) is 0 Å². The van der Waals surface area contributed by atoms with Crippen LogP contribution in [0.25, 0.3) is 10.2 Å². The van der Waals surface area contributed by atoms with Gasteiger partial charge >= 0.3 is 6.09 Å². The zero-order valence-corrected chi connectivity index (χ0v) is 16.2. The standard InChI is InChI=1S/C19H24N2O4S/c1-19(2,3)25-18(23)21(14-6-8-24-9-7-14)11-13-4-5-16-15(10-13)20-17(12-22)26-16/h4-5,10,12,14H,6-9,11H2,1-3H3. The largest absolute Gasteiger partial charge is 0.444 e. The first kappa shape index (κ1) is 18.8. The molecule has 0 atom stereocenters. The van der Waals surface area contributed by atoms with E-state index in [4.69, 9.17) is 9.47 Å². The van der Waals surface area contributed by atoms with Crippen LogP contribution in [0.4, 0.5) is 4.79 Å². The summed E-state index contributed by atoms with van der Waals surface area (Å²) < 4.78 is 12.0. The van der Waals surface area contributed by atoms with Gasteiger partial charge in [0.15, 0.2) is 11.3 Å². The van der Waals surface area contributed by atoms with Crippen molar-refractivity contribution in [2.75, 3.05) is 13.2 Å². The summed E-state index contributed by atoms with van der Waals surface area (Å²) in [5, 5.41) is 0.463. The van der Waals surface area contributed by atoms with Crippen LogP contribution in [-0.2, 0) is 16.0 Å². The summed E-state index contributed by atoms with van der Waals surface area (Å²) in [6, 6.07) is 5.96. The molecule has 1 aliphatic rings. The first-order valence-electron chi connectivity index (χ1n) is 8.78. The SMILES string of the molecule is CC(C)(C)OC(=O)N(Cc1ccc2sc(C=O)nc2c1)C1CCOCC1. The molecule has 1 saturated heterocycles. The average Bonchev–Trinajstić information content (AvgIpc) is 3.01. The van der Waals surface area contributed by atoms with Gasteiger partial charge in [-0.3, -0.25) is 4.79 Å². The molecule has 0 unspecified atom stereocenters. The number of carbonyl (C=O) groups is 2. The molecule has 26 heavy (non-hydrogen) atoms. The predicted octanol–water partition coefficient (Wildman–Crippen LogP) is 4.02. The van der Waals surface area contributed by atoms with Gasteiger partial charge in [0.2, 0.25) is 0 Å². The van der Waals surface area contributed by atoms with E-state index < -0.39 is 5.60 Å². The number of hydrogen-bond donors (Lipinski definition) is 0. The summed E-state index contributed by atoms with van der Waals surface area (Å²) in [6.45, 7) is 7.36. The van der Waals surface area contributed by atoms with Crippen molar-refractivity contribution in [3.8, 4) is 0 Å². The topological polar surface area (TPSA) is 68.7 Å². The summed E-state index contributed by atoms with van der Waals surface area (Å²) in [4.78, 5) is 29.8. The van der Waals surface area contributed by atoms with Crippen molar-refractivity contribution in [2.24, 2.45) is 0 Å². The molecule has 1 amide bonds. The van der Waals surface area contributed by atoms with Crippen LogP contribution >= 0.6 is 11.3 Å². The van der Waals surface area contributed by atoms with Gasteiger partial charge in [0, 0.05) is 25.8 Å². The fourth-order valence-electron chi connectivity index (χ4n) is 3.00. The van der Waals surface area contributed by atoms with Crippen molar-refractivity contribution in [1.29, 1.82) is 0 Å². The number of carbonyl (C=O) groups excluding carboxylic acids is 2. The molecule has 1 fully saturated rings. The van der Waals surface area contributed by atoms with Crippen molar-refractivity contribution in [2.45, 2.75) is 51.8 Å². The molecule has 2 heterocycles. The van der Waals surface area contributed by atoms with E-state index in [1.807, 2.05) is 39.0 Å². The molecule has 140 valence electrons. The van der Waals surface area contributed by atoms with Crippen molar-refractivity contribution >= 4 is 33.9 Å². The number of aromatic nitrogens is 1. The van der Waals surface area contributed by atoms with Gasteiger partial charge in [0.25, 0.3) is 0 Å². The number of hydrogen-bond acceptors (Lipinski definition) is 6. The number of nitrogens with zero attached hydrogens (tertiary/aromatic N) is 2. The quantitative estimate of drug-likeness (QED) is 0.754. The highest BCUT2D eigenvalue weighted by Gasteiger charge is 2.29. The predicted molar refractivity (Wildman–Crippen MR) is 101 cm³/mol. The van der Waals surface area contributed by atoms with Gasteiger partial charge in [-0.15, -0.1) is 11.3 Å². The molecular formula is C19H24N2O4S. The summed E-state index contributed by atoms with van der Waals surface area (Å²) in [7, 11) is 0. The maximum atomic E-state index is 12.8. The smallest absolute Gasteiger partial charge is 0.410 e. The fourth-order valence-corrected chi connectivity index (χ4v) is 3.76. The molecular weight excluding hydrogens is 352 g/mol. The van der Waals surface area contributed by atoms with E-state index in [2.05, 4.69) is 4.98 Å². The van der Waals surface area contributed by atoms with Crippen molar-refractivity contribution < 1.29 is 19.1 Å². The average molecular weight is 376 g/mol. The third-order valence-corrected chi connectivity index (χ3v) is 5.14. The zero-order chi connectivity index (χ0) is 18.7. The van der Waals surface area contributed by atoms with Gasteiger partial charge < -0.3 is 14.4 Å². The third-order valence-electron chi connectivity index (χ3n) is 4.18. The Hall–Kier alpha value is -1.99. The third kappa shape index (κ3) is 4.59. The van der Waals surface area contributed by atoms with E-state index in [9.17, 15) is 9.59 Å². The molecule has 7 heteroatoms. The minimum atomic E-state index is -0.543.